The van der Waals surface area contributed by atoms with Gasteiger partial charge in [0.05, 0.1) is 0 Å². The first-order chi connectivity index (χ1) is 8.72. The molecule has 2 heterocycles. The van der Waals surface area contributed by atoms with Crippen LogP contribution in [0.5, 0.6) is 0 Å². The molecule has 4 nitrogen and oxygen atoms in total. The smallest absolute Gasteiger partial charge is 0.275 e. The largest absolute Gasteiger partial charge is 0.321 e. The Hall–Kier alpha value is -2.14. The average molecular weight is 257 g/mol. The fraction of sp³-hybridized carbons (Fsp3) is 0.0769. The first-order valence-electron chi connectivity index (χ1n) is 5.52. The maximum atomic E-state index is 12.0. The zero-order valence-corrected chi connectivity index (χ0v) is 10.6. The summed E-state index contributed by atoms with van der Waals surface area (Å²) in [7, 11) is 0. The Balaban J connectivity index is 1.82. The van der Waals surface area contributed by atoms with Crippen LogP contribution in [0.2, 0.25) is 0 Å². The van der Waals surface area contributed by atoms with Gasteiger partial charge in [-0.3, -0.25) is 9.20 Å². The van der Waals surface area contributed by atoms with Crippen LogP contribution in [0.15, 0.2) is 42.0 Å². The number of amides is 1. The summed E-state index contributed by atoms with van der Waals surface area (Å²) in [5.41, 5.74) is 2.37. The van der Waals surface area contributed by atoms with Crippen LogP contribution in [-0.2, 0) is 0 Å². The van der Waals surface area contributed by atoms with Gasteiger partial charge in [-0.15, -0.1) is 11.3 Å². The Morgan fingerprint density at radius 1 is 1.33 bits per heavy atom. The molecular weight excluding hydrogens is 246 g/mol. The Morgan fingerprint density at radius 3 is 2.83 bits per heavy atom. The minimum atomic E-state index is -0.185. The summed E-state index contributed by atoms with van der Waals surface area (Å²) < 4.78 is 1.84. The van der Waals surface area contributed by atoms with Gasteiger partial charge in [0.1, 0.15) is 5.69 Å². The molecule has 0 spiro atoms. The van der Waals surface area contributed by atoms with Crippen molar-refractivity contribution in [1.29, 1.82) is 0 Å². The molecule has 0 aliphatic carbocycles. The summed E-state index contributed by atoms with van der Waals surface area (Å²) in [5, 5.41) is 4.76. The lowest BCUT2D eigenvalue weighted by Gasteiger charge is -2.02. The van der Waals surface area contributed by atoms with Crippen LogP contribution in [-0.4, -0.2) is 15.3 Å². The van der Waals surface area contributed by atoms with Crippen molar-refractivity contribution in [1.82, 2.24) is 9.38 Å². The van der Waals surface area contributed by atoms with Crippen molar-refractivity contribution in [2.75, 3.05) is 5.32 Å². The molecule has 0 atom stereocenters. The predicted molar refractivity (Wildman–Crippen MR) is 72.2 cm³/mol. The monoisotopic (exact) mass is 257 g/mol. The Bertz CT molecular complexity index is 668. The fourth-order valence-electron chi connectivity index (χ4n) is 1.67. The molecule has 90 valence electrons. The van der Waals surface area contributed by atoms with E-state index in [1.54, 1.807) is 6.20 Å². The third-order valence-electron chi connectivity index (χ3n) is 2.64. The van der Waals surface area contributed by atoms with E-state index in [4.69, 9.17) is 0 Å². The average Bonchev–Trinajstić information content (AvgIpc) is 2.92. The van der Waals surface area contributed by atoms with Crippen molar-refractivity contribution in [2.45, 2.75) is 6.92 Å². The summed E-state index contributed by atoms with van der Waals surface area (Å²) in [6.07, 6.45) is 3.62. The number of imidazole rings is 1. The van der Waals surface area contributed by atoms with E-state index in [1.807, 2.05) is 47.2 Å². The van der Waals surface area contributed by atoms with Gasteiger partial charge in [0, 0.05) is 23.5 Å². The van der Waals surface area contributed by atoms with Crippen LogP contribution in [0, 0.1) is 6.92 Å². The summed E-state index contributed by atoms with van der Waals surface area (Å²) in [4.78, 5) is 17.1. The number of nitrogens with one attached hydrogen (secondary N) is 1. The van der Waals surface area contributed by atoms with Crippen LogP contribution in [0.3, 0.4) is 0 Å². The number of benzene rings is 1. The lowest BCUT2D eigenvalue weighted by Crippen LogP contribution is -2.12. The molecule has 2 aromatic heterocycles. The van der Waals surface area contributed by atoms with E-state index in [0.29, 0.717) is 5.69 Å². The highest BCUT2D eigenvalue weighted by Crippen LogP contribution is 2.14. The number of carbonyl (C=O) groups excluding carboxylic acids is 1. The lowest BCUT2D eigenvalue weighted by atomic mass is 10.2. The number of nitrogens with zero attached hydrogens (tertiary/aromatic N) is 2. The quantitative estimate of drug-likeness (QED) is 0.767. The highest BCUT2D eigenvalue weighted by Gasteiger charge is 2.11. The lowest BCUT2D eigenvalue weighted by molar-refractivity contribution is 0.102. The van der Waals surface area contributed by atoms with Crippen LogP contribution in [0.1, 0.15) is 16.1 Å². The van der Waals surface area contributed by atoms with Crippen LogP contribution in [0.4, 0.5) is 5.69 Å². The number of carbonyl (C=O) groups is 1. The number of rotatable bonds is 2. The van der Waals surface area contributed by atoms with E-state index >= 15 is 0 Å². The molecule has 3 rings (SSSR count). The first kappa shape index (κ1) is 11.0. The molecule has 0 aliphatic heterocycles. The van der Waals surface area contributed by atoms with Gasteiger partial charge in [0.15, 0.2) is 4.96 Å². The van der Waals surface area contributed by atoms with Gasteiger partial charge in [-0.25, -0.2) is 4.98 Å². The van der Waals surface area contributed by atoms with Crippen LogP contribution in [0.25, 0.3) is 4.96 Å². The highest BCUT2D eigenvalue weighted by atomic mass is 32.1. The van der Waals surface area contributed by atoms with Crippen molar-refractivity contribution < 1.29 is 4.79 Å². The number of aromatic nitrogens is 2. The SMILES string of the molecule is Cc1ccc(NC(=O)c2cn3ccsc3n2)cc1. The molecule has 1 amide bonds. The van der Waals surface area contributed by atoms with Gasteiger partial charge in [0.25, 0.3) is 5.91 Å². The molecule has 0 aliphatic rings. The molecule has 0 fully saturated rings. The van der Waals surface area contributed by atoms with Gasteiger partial charge in [-0.05, 0) is 19.1 Å². The van der Waals surface area contributed by atoms with Crippen molar-refractivity contribution >= 4 is 27.9 Å². The fourth-order valence-corrected chi connectivity index (χ4v) is 2.37. The van der Waals surface area contributed by atoms with Crippen LogP contribution < -0.4 is 5.32 Å². The van der Waals surface area contributed by atoms with Gasteiger partial charge in [-0.2, -0.15) is 0 Å². The van der Waals surface area contributed by atoms with Crippen molar-refractivity contribution in [3.8, 4) is 0 Å². The number of hydrogen-bond acceptors (Lipinski definition) is 3. The second-order valence-electron chi connectivity index (χ2n) is 4.04. The van der Waals surface area contributed by atoms with E-state index < -0.39 is 0 Å². The van der Waals surface area contributed by atoms with Crippen LogP contribution >= 0.6 is 11.3 Å². The summed E-state index contributed by atoms with van der Waals surface area (Å²) >= 11 is 1.51. The molecule has 0 saturated heterocycles. The maximum absolute atomic E-state index is 12.0. The Morgan fingerprint density at radius 2 is 2.11 bits per heavy atom. The third-order valence-corrected chi connectivity index (χ3v) is 3.41. The summed E-state index contributed by atoms with van der Waals surface area (Å²) in [6.45, 7) is 2.01. The summed E-state index contributed by atoms with van der Waals surface area (Å²) in [6, 6.07) is 7.68. The minimum absolute atomic E-state index is 0.185. The second-order valence-corrected chi connectivity index (χ2v) is 4.91. The molecule has 0 unspecified atom stereocenters. The molecule has 1 N–H and O–H groups in total. The number of fused-ring (bicyclic) bond motifs is 1. The van der Waals surface area contributed by atoms with Crippen molar-refractivity contribution in [2.24, 2.45) is 0 Å². The molecule has 0 bridgehead atoms. The van der Waals surface area contributed by atoms with E-state index in [9.17, 15) is 4.79 Å². The van der Waals surface area contributed by atoms with E-state index in [-0.39, 0.29) is 5.91 Å². The van der Waals surface area contributed by atoms with Crippen molar-refractivity contribution in [3.05, 3.63) is 53.3 Å². The van der Waals surface area contributed by atoms with E-state index in [0.717, 1.165) is 16.2 Å². The Kier molecular flexibility index (Phi) is 2.60. The number of hydrogen-bond donors (Lipinski definition) is 1. The van der Waals surface area contributed by atoms with E-state index in [2.05, 4.69) is 10.3 Å². The first-order valence-corrected chi connectivity index (χ1v) is 6.40. The standard InChI is InChI=1S/C13H11N3OS/c1-9-2-4-10(5-3-9)14-12(17)11-8-16-6-7-18-13(16)15-11/h2-8H,1H3,(H,14,17). The molecule has 5 heteroatoms. The summed E-state index contributed by atoms with van der Waals surface area (Å²) in [5.74, 6) is -0.185. The molecule has 3 aromatic rings. The topological polar surface area (TPSA) is 46.4 Å². The zero-order chi connectivity index (χ0) is 12.5. The molecule has 0 saturated carbocycles. The second kappa shape index (κ2) is 4.27. The third kappa shape index (κ3) is 2.00. The van der Waals surface area contributed by atoms with Gasteiger partial charge < -0.3 is 5.32 Å². The normalized spacial score (nSPS) is 10.7. The predicted octanol–water partition coefficient (Wildman–Crippen LogP) is 2.96. The Labute approximate surface area is 108 Å². The van der Waals surface area contributed by atoms with E-state index in [1.165, 1.54) is 11.3 Å². The molecular formula is C13H11N3OS. The van der Waals surface area contributed by atoms with Gasteiger partial charge in [-0.1, -0.05) is 17.7 Å². The highest BCUT2D eigenvalue weighted by molar-refractivity contribution is 7.15. The van der Waals surface area contributed by atoms with Crippen molar-refractivity contribution in [3.63, 3.8) is 0 Å². The maximum Gasteiger partial charge on any atom is 0.275 e. The van der Waals surface area contributed by atoms with Gasteiger partial charge >= 0.3 is 0 Å². The molecule has 1 aromatic carbocycles. The number of thiazole rings is 1. The molecule has 18 heavy (non-hydrogen) atoms. The molecule has 0 radical (unpaired) electrons. The van der Waals surface area contributed by atoms with Gasteiger partial charge in [0.2, 0.25) is 0 Å². The number of aryl methyl sites for hydroxylation is 1. The minimum Gasteiger partial charge on any atom is -0.321 e. The number of anilines is 1. The zero-order valence-electron chi connectivity index (χ0n) is 9.75.